The molecular weight excluding hydrogens is 220 g/mol. The van der Waals surface area contributed by atoms with Crippen molar-refractivity contribution in [3.63, 3.8) is 0 Å². The van der Waals surface area contributed by atoms with Gasteiger partial charge >= 0.3 is 0 Å². The average Bonchev–Trinajstić information content (AvgIpc) is 2.66. The quantitative estimate of drug-likeness (QED) is 0.754. The Balaban J connectivity index is 2.17. The Kier molecular flexibility index (Phi) is 5.98. The van der Waals surface area contributed by atoms with Crippen molar-refractivity contribution in [3.8, 4) is 0 Å². The van der Waals surface area contributed by atoms with E-state index in [1.54, 1.807) is 11.3 Å². The first kappa shape index (κ1) is 13.6. The molecule has 0 aromatic carbocycles. The highest BCUT2D eigenvalue weighted by Gasteiger charge is 2.08. The Hall–Kier alpha value is -0.420. The summed E-state index contributed by atoms with van der Waals surface area (Å²) in [6.07, 6.45) is 0.734. The highest BCUT2D eigenvalue weighted by molar-refractivity contribution is 7.07. The first-order valence-corrected chi connectivity index (χ1v) is 6.59. The molecule has 0 fully saturated rings. The second kappa shape index (κ2) is 7.01. The van der Waals surface area contributed by atoms with Gasteiger partial charge in [0.05, 0.1) is 6.10 Å². The van der Waals surface area contributed by atoms with Crippen LogP contribution in [-0.4, -0.2) is 49.3 Å². The van der Waals surface area contributed by atoms with Crippen LogP contribution in [0.3, 0.4) is 0 Å². The number of hydrogen-bond donors (Lipinski definition) is 2. The maximum Gasteiger partial charge on any atom is 0.0791 e. The van der Waals surface area contributed by atoms with Crippen LogP contribution in [0, 0.1) is 0 Å². The Morgan fingerprint density at radius 1 is 1.50 bits per heavy atom. The van der Waals surface area contributed by atoms with Gasteiger partial charge in [-0.25, -0.2) is 0 Å². The summed E-state index contributed by atoms with van der Waals surface area (Å²) in [5, 5.41) is 17.3. The van der Waals surface area contributed by atoms with Crippen LogP contribution in [0.2, 0.25) is 0 Å². The van der Waals surface area contributed by atoms with E-state index in [1.807, 2.05) is 19.0 Å². The number of thiophene rings is 1. The molecule has 2 atom stereocenters. The molecule has 1 aromatic rings. The standard InChI is InChI=1S/C12H22N2OS/c1-10(6-11-4-5-16-9-11)13-7-12(15)8-14(2)3/h4-5,9-10,12-13,15H,6-8H2,1-3H3. The molecule has 2 N–H and O–H groups in total. The van der Waals surface area contributed by atoms with Gasteiger partial charge in [0.1, 0.15) is 0 Å². The molecule has 1 aromatic heterocycles. The minimum Gasteiger partial charge on any atom is -0.390 e. The molecule has 92 valence electrons. The minimum absolute atomic E-state index is 0.292. The van der Waals surface area contributed by atoms with E-state index in [-0.39, 0.29) is 6.10 Å². The van der Waals surface area contributed by atoms with Gasteiger partial charge in [0, 0.05) is 19.1 Å². The van der Waals surface area contributed by atoms with Gasteiger partial charge in [-0.3, -0.25) is 0 Å². The second-order valence-corrected chi connectivity index (χ2v) is 5.34. The third kappa shape index (κ3) is 5.61. The maximum atomic E-state index is 9.69. The van der Waals surface area contributed by atoms with Crippen molar-refractivity contribution < 1.29 is 5.11 Å². The Bertz CT molecular complexity index is 275. The fraction of sp³-hybridized carbons (Fsp3) is 0.667. The molecule has 0 aliphatic carbocycles. The Morgan fingerprint density at radius 3 is 2.81 bits per heavy atom. The molecule has 0 amide bonds. The molecular formula is C12H22N2OS. The summed E-state index contributed by atoms with van der Waals surface area (Å²) < 4.78 is 0. The second-order valence-electron chi connectivity index (χ2n) is 4.56. The van der Waals surface area contributed by atoms with Crippen molar-refractivity contribution in [3.05, 3.63) is 22.4 Å². The number of hydrogen-bond acceptors (Lipinski definition) is 4. The van der Waals surface area contributed by atoms with Crippen molar-refractivity contribution in [2.24, 2.45) is 0 Å². The lowest BCUT2D eigenvalue weighted by Gasteiger charge is -2.19. The van der Waals surface area contributed by atoms with Gasteiger partial charge in [-0.2, -0.15) is 11.3 Å². The van der Waals surface area contributed by atoms with Gasteiger partial charge in [-0.15, -0.1) is 0 Å². The lowest BCUT2D eigenvalue weighted by atomic mass is 10.1. The summed E-state index contributed by atoms with van der Waals surface area (Å²) in [4.78, 5) is 2.00. The number of likely N-dealkylation sites (N-methyl/N-ethyl adjacent to an activating group) is 1. The predicted octanol–water partition coefficient (Wildman–Crippen LogP) is 1.19. The van der Waals surface area contributed by atoms with Crippen LogP contribution in [0.1, 0.15) is 12.5 Å². The molecule has 0 radical (unpaired) electrons. The first-order chi connectivity index (χ1) is 7.58. The zero-order valence-electron chi connectivity index (χ0n) is 10.3. The van der Waals surface area contributed by atoms with Crippen LogP contribution in [0.25, 0.3) is 0 Å². The number of aliphatic hydroxyl groups is 1. The van der Waals surface area contributed by atoms with Gasteiger partial charge in [-0.1, -0.05) is 0 Å². The fourth-order valence-electron chi connectivity index (χ4n) is 1.66. The molecule has 3 nitrogen and oxygen atoms in total. The Morgan fingerprint density at radius 2 is 2.25 bits per heavy atom. The molecule has 0 bridgehead atoms. The largest absolute Gasteiger partial charge is 0.390 e. The van der Waals surface area contributed by atoms with E-state index in [1.165, 1.54) is 5.56 Å². The summed E-state index contributed by atoms with van der Waals surface area (Å²) in [5.74, 6) is 0. The van der Waals surface area contributed by atoms with Crippen LogP contribution in [0.15, 0.2) is 16.8 Å². The normalized spacial score (nSPS) is 15.3. The lowest BCUT2D eigenvalue weighted by Crippen LogP contribution is -2.39. The van der Waals surface area contributed by atoms with Crippen molar-refractivity contribution >= 4 is 11.3 Å². The van der Waals surface area contributed by atoms with Gasteiger partial charge in [0.25, 0.3) is 0 Å². The van der Waals surface area contributed by atoms with Crippen LogP contribution < -0.4 is 5.32 Å². The van der Waals surface area contributed by atoms with E-state index in [9.17, 15) is 5.11 Å². The van der Waals surface area contributed by atoms with E-state index < -0.39 is 0 Å². The van der Waals surface area contributed by atoms with Crippen molar-refractivity contribution in [2.75, 3.05) is 27.2 Å². The SMILES string of the molecule is CC(Cc1ccsc1)NCC(O)CN(C)C. The number of aliphatic hydroxyl groups excluding tert-OH is 1. The minimum atomic E-state index is -0.292. The summed E-state index contributed by atoms with van der Waals surface area (Å²) in [7, 11) is 3.94. The molecule has 0 spiro atoms. The zero-order chi connectivity index (χ0) is 12.0. The molecule has 2 unspecified atom stereocenters. The maximum absolute atomic E-state index is 9.69. The first-order valence-electron chi connectivity index (χ1n) is 5.65. The smallest absolute Gasteiger partial charge is 0.0791 e. The van der Waals surface area contributed by atoms with Crippen molar-refractivity contribution in [1.29, 1.82) is 0 Å². The monoisotopic (exact) mass is 242 g/mol. The highest BCUT2D eigenvalue weighted by atomic mass is 32.1. The predicted molar refractivity (Wildman–Crippen MR) is 70.0 cm³/mol. The molecule has 16 heavy (non-hydrogen) atoms. The van der Waals surface area contributed by atoms with Crippen LogP contribution in [-0.2, 0) is 6.42 Å². The Labute approximate surface area is 102 Å². The highest BCUT2D eigenvalue weighted by Crippen LogP contribution is 2.08. The molecule has 0 saturated carbocycles. The zero-order valence-corrected chi connectivity index (χ0v) is 11.1. The van der Waals surface area contributed by atoms with E-state index in [0.29, 0.717) is 19.1 Å². The van der Waals surface area contributed by atoms with Crippen LogP contribution in [0.4, 0.5) is 0 Å². The van der Waals surface area contributed by atoms with Crippen LogP contribution in [0.5, 0.6) is 0 Å². The number of nitrogens with zero attached hydrogens (tertiary/aromatic N) is 1. The van der Waals surface area contributed by atoms with E-state index in [2.05, 4.69) is 29.1 Å². The van der Waals surface area contributed by atoms with Gasteiger partial charge in [0.15, 0.2) is 0 Å². The molecule has 1 rings (SSSR count). The lowest BCUT2D eigenvalue weighted by molar-refractivity contribution is 0.132. The van der Waals surface area contributed by atoms with Gasteiger partial charge in [0.2, 0.25) is 0 Å². The molecule has 0 aliphatic heterocycles. The summed E-state index contributed by atoms with van der Waals surface area (Å²) >= 11 is 1.73. The van der Waals surface area contributed by atoms with Gasteiger partial charge in [-0.05, 0) is 49.8 Å². The van der Waals surface area contributed by atoms with E-state index in [0.717, 1.165) is 6.42 Å². The number of nitrogens with one attached hydrogen (secondary N) is 1. The fourth-order valence-corrected chi connectivity index (χ4v) is 2.34. The average molecular weight is 242 g/mol. The third-order valence-electron chi connectivity index (χ3n) is 2.40. The van der Waals surface area contributed by atoms with E-state index in [4.69, 9.17) is 0 Å². The summed E-state index contributed by atoms with van der Waals surface area (Å²) in [6, 6.07) is 2.56. The topological polar surface area (TPSA) is 35.5 Å². The van der Waals surface area contributed by atoms with E-state index >= 15 is 0 Å². The molecule has 0 saturated heterocycles. The van der Waals surface area contributed by atoms with Crippen LogP contribution >= 0.6 is 11.3 Å². The molecule has 0 aliphatic rings. The van der Waals surface area contributed by atoms with Crippen molar-refractivity contribution in [2.45, 2.75) is 25.5 Å². The number of rotatable bonds is 7. The third-order valence-corrected chi connectivity index (χ3v) is 3.13. The van der Waals surface area contributed by atoms with Crippen molar-refractivity contribution in [1.82, 2.24) is 10.2 Å². The van der Waals surface area contributed by atoms with Gasteiger partial charge < -0.3 is 15.3 Å². The molecule has 1 heterocycles. The summed E-state index contributed by atoms with van der Waals surface area (Å²) in [5.41, 5.74) is 1.37. The summed E-state index contributed by atoms with van der Waals surface area (Å²) in [6.45, 7) is 3.52. The molecule has 4 heteroatoms.